The van der Waals surface area contributed by atoms with Crippen LogP contribution in [0.5, 0.6) is 11.5 Å². The minimum atomic E-state index is -1.62. The zero-order valence-corrected chi connectivity index (χ0v) is 35.1. The molecule has 6 aromatic rings. The van der Waals surface area contributed by atoms with Gasteiger partial charge in [-0.1, -0.05) is 72.8 Å². The van der Waals surface area contributed by atoms with Gasteiger partial charge in [0, 0.05) is 17.6 Å². The SMILES string of the molecule is COc1ccc(C(OC[C@@H](COP(OCCC#N)N(C(C)C)C(C)C)n2cnc3c(NC(=O)c4ccccc4)ncnc32)(c2ccccc2)c2ccc(OC)cc2)cc1. The van der Waals surface area contributed by atoms with Gasteiger partial charge in [-0.15, -0.1) is 0 Å². The van der Waals surface area contributed by atoms with Gasteiger partial charge in [0.05, 0.1) is 58.9 Å². The summed E-state index contributed by atoms with van der Waals surface area (Å²) < 4.78 is 35.7. The summed E-state index contributed by atoms with van der Waals surface area (Å²) in [6.45, 7) is 8.81. The van der Waals surface area contributed by atoms with Crippen LogP contribution in [0, 0.1) is 11.3 Å². The van der Waals surface area contributed by atoms with Crippen LogP contribution in [0.4, 0.5) is 5.82 Å². The summed E-state index contributed by atoms with van der Waals surface area (Å²) in [5.41, 5.74) is 2.86. The molecular formula is C45H50N7O6P. The highest BCUT2D eigenvalue weighted by Gasteiger charge is 2.39. The summed E-state index contributed by atoms with van der Waals surface area (Å²) in [4.78, 5) is 27.1. The monoisotopic (exact) mass is 815 g/mol. The van der Waals surface area contributed by atoms with E-state index in [1.54, 1.807) is 44.8 Å². The van der Waals surface area contributed by atoms with Gasteiger partial charge in [-0.25, -0.2) is 19.6 Å². The molecule has 0 radical (unpaired) electrons. The first-order valence-corrected chi connectivity index (χ1v) is 20.6. The van der Waals surface area contributed by atoms with Gasteiger partial charge in [0.15, 0.2) is 17.0 Å². The van der Waals surface area contributed by atoms with Crippen molar-refractivity contribution >= 4 is 31.4 Å². The molecule has 13 nitrogen and oxygen atoms in total. The van der Waals surface area contributed by atoms with E-state index in [0.717, 1.165) is 16.7 Å². The maximum Gasteiger partial charge on any atom is 0.259 e. The van der Waals surface area contributed by atoms with E-state index in [-0.39, 0.29) is 50.1 Å². The Morgan fingerprint density at radius 1 is 0.780 bits per heavy atom. The van der Waals surface area contributed by atoms with Crippen molar-refractivity contribution in [3.05, 3.63) is 144 Å². The minimum absolute atomic E-state index is 0.0892. The Kier molecular flexibility index (Phi) is 14.7. The Bertz CT molecular complexity index is 2230. The van der Waals surface area contributed by atoms with Crippen molar-refractivity contribution in [2.45, 2.75) is 57.8 Å². The second-order valence-electron chi connectivity index (χ2n) is 14.2. The number of benzene rings is 4. The summed E-state index contributed by atoms with van der Waals surface area (Å²) in [5.74, 6) is 1.37. The van der Waals surface area contributed by atoms with E-state index in [4.69, 9.17) is 28.2 Å². The first-order chi connectivity index (χ1) is 28.7. The molecule has 306 valence electrons. The van der Waals surface area contributed by atoms with E-state index < -0.39 is 20.2 Å². The molecule has 6 rings (SSSR count). The van der Waals surface area contributed by atoms with Gasteiger partial charge in [0.25, 0.3) is 14.4 Å². The zero-order valence-electron chi connectivity index (χ0n) is 34.2. The van der Waals surface area contributed by atoms with Crippen LogP contribution in [0.1, 0.15) is 67.2 Å². The predicted octanol–water partition coefficient (Wildman–Crippen LogP) is 8.94. The number of ether oxygens (including phenoxy) is 3. The quantitative estimate of drug-likeness (QED) is 0.0448. The average Bonchev–Trinajstić information content (AvgIpc) is 3.70. The van der Waals surface area contributed by atoms with E-state index >= 15 is 0 Å². The number of methoxy groups -OCH3 is 2. The largest absolute Gasteiger partial charge is 0.497 e. The lowest BCUT2D eigenvalue weighted by atomic mass is 9.80. The molecule has 0 spiro atoms. The molecule has 0 aliphatic rings. The van der Waals surface area contributed by atoms with Crippen molar-refractivity contribution in [1.29, 1.82) is 5.26 Å². The number of nitrogens with one attached hydrogen (secondary N) is 1. The van der Waals surface area contributed by atoms with Gasteiger partial charge < -0.3 is 33.1 Å². The van der Waals surface area contributed by atoms with Crippen molar-refractivity contribution in [1.82, 2.24) is 24.2 Å². The topological polar surface area (TPSA) is 146 Å². The second-order valence-corrected chi connectivity index (χ2v) is 15.6. The molecule has 1 unspecified atom stereocenters. The van der Waals surface area contributed by atoms with Gasteiger partial charge in [-0.2, -0.15) is 5.26 Å². The van der Waals surface area contributed by atoms with Crippen LogP contribution in [-0.2, 0) is 19.4 Å². The number of anilines is 1. The normalized spacial score (nSPS) is 12.7. The van der Waals surface area contributed by atoms with Crippen LogP contribution < -0.4 is 14.8 Å². The van der Waals surface area contributed by atoms with Crippen molar-refractivity contribution in [3.8, 4) is 17.6 Å². The third-order valence-corrected chi connectivity index (χ3v) is 11.8. The van der Waals surface area contributed by atoms with Crippen LogP contribution in [-0.4, -0.2) is 76.2 Å². The lowest BCUT2D eigenvalue weighted by molar-refractivity contribution is -0.0137. The fourth-order valence-electron chi connectivity index (χ4n) is 6.95. The molecule has 1 N–H and O–H groups in total. The number of hydrogen-bond donors (Lipinski definition) is 1. The van der Waals surface area contributed by atoms with Gasteiger partial charge in [-0.05, 0) is 80.8 Å². The number of nitriles is 1. The first-order valence-electron chi connectivity index (χ1n) is 19.4. The van der Waals surface area contributed by atoms with Crippen LogP contribution in [0.15, 0.2) is 122 Å². The molecular weight excluding hydrogens is 766 g/mol. The van der Waals surface area contributed by atoms with Gasteiger partial charge in [0.2, 0.25) is 0 Å². The minimum Gasteiger partial charge on any atom is -0.497 e. The molecule has 0 aliphatic carbocycles. The number of fused-ring (bicyclic) bond motifs is 1. The number of carbonyl (C=O) groups excluding carboxylic acids is 1. The summed E-state index contributed by atoms with van der Waals surface area (Å²) in [7, 11) is 1.66. The molecule has 0 bridgehead atoms. The molecule has 0 saturated heterocycles. The molecule has 1 amide bonds. The maximum absolute atomic E-state index is 13.3. The molecule has 2 heterocycles. The third kappa shape index (κ3) is 9.94. The van der Waals surface area contributed by atoms with Crippen molar-refractivity contribution in [2.24, 2.45) is 0 Å². The van der Waals surface area contributed by atoms with E-state index in [1.165, 1.54) is 6.33 Å². The van der Waals surface area contributed by atoms with Crippen molar-refractivity contribution in [2.75, 3.05) is 39.4 Å². The molecule has 0 aliphatic heterocycles. The molecule has 4 aromatic carbocycles. The van der Waals surface area contributed by atoms with E-state index in [9.17, 15) is 10.1 Å². The van der Waals surface area contributed by atoms with Crippen LogP contribution in [0.25, 0.3) is 11.2 Å². The highest BCUT2D eigenvalue weighted by molar-refractivity contribution is 7.44. The molecule has 59 heavy (non-hydrogen) atoms. The Labute approximate surface area is 346 Å². The van der Waals surface area contributed by atoms with Gasteiger partial charge >= 0.3 is 0 Å². The number of amides is 1. The van der Waals surface area contributed by atoms with E-state index in [1.807, 2.05) is 89.5 Å². The maximum atomic E-state index is 13.3. The molecule has 2 aromatic heterocycles. The Morgan fingerprint density at radius 2 is 1.36 bits per heavy atom. The number of aromatic nitrogens is 4. The molecule has 0 saturated carbocycles. The zero-order chi connectivity index (χ0) is 41.8. The molecule has 14 heteroatoms. The highest BCUT2D eigenvalue weighted by atomic mass is 31.2. The number of carbonyl (C=O) groups is 1. The molecule has 2 atom stereocenters. The summed E-state index contributed by atoms with van der Waals surface area (Å²) in [5, 5.41) is 12.3. The highest BCUT2D eigenvalue weighted by Crippen LogP contribution is 2.47. The van der Waals surface area contributed by atoms with E-state index in [0.29, 0.717) is 28.2 Å². The molecule has 0 fully saturated rings. The average molecular weight is 816 g/mol. The third-order valence-electron chi connectivity index (χ3n) is 9.73. The summed E-state index contributed by atoms with van der Waals surface area (Å²) >= 11 is 0. The Morgan fingerprint density at radius 3 is 1.92 bits per heavy atom. The lowest BCUT2D eigenvalue weighted by Crippen LogP contribution is -2.36. The number of nitrogens with zero attached hydrogens (tertiary/aromatic N) is 6. The number of rotatable bonds is 20. The fourth-order valence-corrected chi connectivity index (χ4v) is 8.59. The number of hydrogen-bond acceptors (Lipinski definition) is 11. The van der Waals surface area contributed by atoms with Crippen LogP contribution >= 0.6 is 8.53 Å². The summed E-state index contributed by atoms with van der Waals surface area (Å²) in [6, 6.07) is 36.5. The van der Waals surface area contributed by atoms with Gasteiger partial charge in [-0.3, -0.25) is 4.79 Å². The second kappa shape index (κ2) is 20.3. The standard InChI is InChI=1S/C45H50N7O6P/c1-32(2)52(33(3)4)59(57-27-13-26-46)58-29-38(51-31-49-41-42(47-30-48-43(41)51)50-44(53)34-14-9-7-10-15-34)28-56-45(35-16-11-8-12-17-35,36-18-22-39(54-5)23-19-36)37-20-24-40(55-6)25-21-37/h7-12,14-25,30-33,38H,13,27-29H2,1-6H3,(H,47,48,50,53)/t38-,59?/m0/s1. The van der Waals surface area contributed by atoms with Crippen molar-refractivity contribution in [3.63, 3.8) is 0 Å². The van der Waals surface area contributed by atoms with Crippen LogP contribution in [0.3, 0.4) is 0 Å². The first kappa shape index (κ1) is 42.9. The summed E-state index contributed by atoms with van der Waals surface area (Å²) in [6.07, 6.45) is 3.30. The van der Waals surface area contributed by atoms with Crippen LogP contribution in [0.2, 0.25) is 0 Å². The van der Waals surface area contributed by atoms with Gasteiger partial charge in [0.1, 0.15) is 23.4 Å². The number of imidazole rings is 1. The lowest BCUT2D eigenvalue weighted by Gasteiger charge is -2.38. The Hall–Kier alpha value is -5.74. The van der Waals surface area contributed by atoms with E-state index in [2.05, 4.69) is 53.7 Å². The Balaban J connectivity index is 1.46. The predicted molar refractivity (Wildman–Crippen MR) is 228 cm³/mol. The smallest absolute Gasteiger partial charge is 0.259 e. The fraction of sp³-hybridized carbons (Fsp3) is 0.311. The van der Waals surface area contributed by atoms with Crippen molar-refractivity contribution < 1.29 is 28.1 Å².